The van der Waals surface area contributed by atoms with Gasteiger partial charge < -0.3 is 5.73 Å². The van der Waals surface area contributed by atoms with Crippen LogP contribution in [-0.2, 0) is 6.18 Å². The molecule has 0 saturated carbocycles. The first-order valence-electron chi connectivity index (χ1n) is 3.86. The molecule has 0 radical (unpaired) electrons. The van der Waals surface area contributed by atoms with Crippen LogP contribution in [0.2, 0.25) is 0 Å². The first-order chi connectivity index (χ1) is 6.89. The Labute approximate surface area is 86.1 Å². The molecule has 0 fully saturated rings. The van der Waals surface area contributed by atoms with Crippen LogP contribution in [0.4, 0.5) is 19.0 Å². The van der Waals surface area contributed by atoms with Gasteiger partial charge in [-0.05, 0) is 18.5 Å². The van der Waals surface area contributed by atoms with Gasteiger partial charge in [0.15, 0.2) is 0 Å². The van der Waals surface area contributed by atoms with E-state index in [1.54, 1.807) is 0 Å². The molecule has 2 aromatic heterocycles. The number of anilines is 1. The van der Waals surface area contributed by atoms with E-state index in [-0.39, 0.29) is 16.3 Å². The molecule has 2 N–H and O–H groups in total. The van der Waals surface area contributed by atoms with Gasteiger partial charge in [-0.15, -0.1) is 0 Å². The molecule has 0 atom stereocenters. The third-order valence-corrected chi connectivity index (χ3v) is 2.55. The Balaban J connectivity index is 2.74. The third-order valence-electron chi connectivity index (χ3n) is 1.80. The molecule has 0 spiro atoms. The number of alkyl halides is 3. The molecule has 0 saturated heterocycles. The summed E-state index contributed by atoms with van der Waals surface area (Å²) in [5.74, 6) is -0.989. The Morgan fingerprint density at radius 1 is 1.27 bits per heavy atom. The molecule has 80 valence electrons. The van der Waals surface area contributed by atoms with Crippen molar-refractivity contribution < 1.29 is 13.2 Å². The second kappa shape index (κ2) is 3.02. The molecule has 0 aromatic carbocycles. The number of halogens is 3. The predicted octanol–water partition coefficient (Wildman–Crippen LogP) is 2.00. The normalized spacial score (nSPS) is 12.3. The summed E-state index contributed by atoms with van der Waals surface area (Å²) in [5.41, 5.74) is 5.67. The highest BCUT2D eigenvalue weighted by Gasteiger charge is 2.35. The number of nitrogens with two attached hydrogens (primary N) is 1. The minimum absolute atomic E-state index is 0.160. The van der Waals surface area contributed by atoms with Crippen molar-refractivity contribution in [3.8, 4) is 0 Å². The number of fused-ring (bicyclic) bond motifs is 1. The average molecular weight is 234 g/mol. The Kier molecular flexibility index (Phi) is 2.03. The molecule has 15 heavy (non-hydrogen) atoms. The molecular formula is C7H5F3N4S. The molecule has 0 aliphatic rings. The molecule has 0 unspecified atom stereocenters. The highest BCUT2D eigenvalue weighted by Crippen LogP contribution is 2.31. The minimum atomic E-state index is -4.54. The fourth-order valence-electron chi connectivity index (χ4n) is 1.17. The van der Waals surface area contributed by atoms with Gasteiger partial charge in [0.2, 0.25) is 5.82 Å². The van der Waals surface area contributed by atoms with Crippen molar-refractivity contribution in [2.75, 3.05) is 5.73 Å². The van der Waals surface area contributed by atoms with Crippen molar-refractivity contribution in [3.05, 3.63) is 11.5 Å². The minimum Gasteiger partial charge on any atom is -0.382 e. The summed E-state index contributed by atoms with van der Waals surface area (Å²) < 4.78 is 40.7. The van der Waals surface area contributed by atoms with Gasteiger partial charge in [-0.1, -0.05) is 0 Å². The van der Waals surface area contributed by atoms with Crippen molar-refractivity contribution in [3.63, 3.8) is 0 Å². The Morgan fingerprint density at radius 2 is 1.93 bits per heavy atom. The van der Waals surface area contributed by atoms with E-state index in [1.165, 1.54) is 6.92 Å². The van der Waals surface area contributed by atoms with Gasteiger partial charge in [0.1, 0.15) is 10.6 Å². The van der Waals surface area contributed by atoms with Crippen LogP contribution in [0.1, 0.15) is 11.5 Å². The van der Waals surface area contributed by atoms with Gasteiger partial charge in [-0.3, -0.25) is 0 Å². The van der Waals surface area contributed by atoms with Crippen molar-refractivity contribution in [1.82, 2.24) is 14.3 Å². The van der Waals surface area contributed by atoms with Crippen LogP contribution in [-0.4, -0.2) is 14.3 Å². The topological polar surface area (TPSA) is 64.7 Å². The first-order valence-corrected chi connectivity index (χ1v) is 4.63. The highest BCUT2D eigenvalue weighted by atomic mass is 32.1. The molecule has 0 amide bonds. The zero-order valence-corrected chi connectivity index (χ0v) is 8.28. The van der Waals surface area contributed by atoms with Crippen LogP contribution < -0.4 is 5.73 Å². The molecule has 2 aromatic rings. The lowest BCUT2D eigenvalue weighted by molar-refractivity contribution is -0.144. The second-order valence-electron chi connectivity index (χ2n) is 2.88. The van der Waals surface area contributed by atoms with E-state index >= 15 is 0 Å². The number of aryl methyl sites for hydroxylation is 1. The van der Waals surface area contributed by atoms with Crippen LogP contribution in [0.15, 0.2) is 0 Å². The summed E-state index contributed by atoms with van der Waals surface area (Å²) in [7, 11) is 0. The van der Waals surface area contributed by atoms with Gasteiger partial charge in [0, 0.05) is 0 Å². The number of nitrogen functional groups attached to an aromatic ring is 1. The average Bonchev–Trinajstić information content (AvgIpc) is 2.46. The summed E-state index contributed by atoms with van der Waals surface area (Å²) >= 11 is 0.832. The maximum Gasteiger partial charge on any atom is 0.451 e. The van der Waals surface area contributed by atoms with Crippen LogP contribution >= 0.6 is 11.5 Å². The van der Waals surface area contributed by atoms with Gasteiger partial charge in [-0.25, -0.2) is 9.97 Å². The Morgan fingerprint density at radius 3 is 2.53 bits per heavy atom. The van der Waals surface area contributed by atoms with Crippen LogP contribution in [0.5, 0.6) is 0 Å². The van der Waals surface area contributed by atoms with E-state index in [0.29, 0.717) is 5.39 Å². The second-order valence-corrected chi connectivity index (χ2v) is 3.63. The van der Waals surface area contributed by atoms with E-state index in [0.717, 1.165) is 11.5 Å². The molecule has 0 aliphatic heterocycles. The van der Waals surface area contributed by atoms with Crippen molar-refractivity contribution in [2.45, 2.75) is 13.1 Å². The third kappa shape index (κ3) is 1.60. The Hall–Kier alpha value is -1.44. The molecule has 0 bridgehead atoms. The summed E-state index contributed by atoms with van der Waals surface area (Å²) in [6, 6.07) is 0. The highest BCUT2D eigenvalue weighted by molar-refractivity contribution is 7.13. The molecule has 8 heteroatoms. The number of aromatic nitrogens is 3. The number of hydrogen-bond acceptors (Lipinski definition) is 5. The fourth-order valence-corrected chi connectivity index (χ4v) is 1.92. The molecule has 0 aliphatic carbocycles. The largest absolute Gasteiger partial charge is 0.451 e. The van der Waals surface area contributed by atoms with E-state index in [9.17, 15) is 13.2 Å². The lowest BCUT2D eigenvalue weighted by atomic mass is 10.3. The van der Waals surface area contributed by atoms with Crippen molar-refractivity contribution in [1.29, 1.82) is 0 Å². The van der Waals surface area contributed by atoms with Crippen LogP contribution in [0.25, 0.3) is 10.2 Å². The summed E-state index contributed by atoms with van der Waals surface area (Å²) in [4.78, 5) is 6.88. The Bertz CT molecular complexity index is 519. The van der Waals surface area contributed by atoms with Gasteiger partial charge in [0.25, 0.3) is 0 Å². The quantitative estimate of drug-likeness (QED) is 0.757. The zero-order valence-electron chi connectivity index (χ0n) is 7.46. The standard InChI is InChI=1S/C7H5F3N4S/c1-2-3-4(11)14-15-5(3)13-6(12-2)7(8,9)10/h1H3,(H2,11,14). The van der Waals surface area contributed by atoms with Crippen molar-refractivity contribution >= 4 is 27.6 Å². The fraction of sp³-hybridized carbons (Fsp3) is 0.286. The molecular weight excluding hydrogens is 229 g/mol. The number of rotatable bonds is 0. The van der Waals surface area contributed by atoms with Gasteiger partial charge >= 0.3 is 6.18 Å². The summed E-state index contributed by atoms with van der Waals surface area (Å²) in [6.45, 7) is 1.45. The van der Waals surface area contributed by atoms with Crippen LogP contribution in [0.3, 0.4) is 0 Å². The number of nitrogens with zero attached hydrogens (tertiary/aromatic N) is 3. The maximum absolute atomic E-state index is 12.3. The van der Waals surface area contributed by atoms with Gasteiger partial charge in [-0.2, -0.15) is 17.5 Å². The first kappa shape index (κ1) is 10.1. The zero-order chi connectivity index (χ0) is 11.2. The van der Waals surface area contributed by atoms with E-state index < -0.39 is 12.0 Å². The number of hydrogen-bond donors (Lipinski definition) is 1. The van der Waals surface area contributed by atoms with Crippen LogP contribution in [0, 0.1) is 6.92 Å². The maximum atomic E-state index is 12.3. The SMILES string of the molecule is Cc1nc(C(F)(F)F)nc2snc(N)c12. The van der Waals surface area contributed by atoms with E-state index in [4.69, 9.17) is 5.73 Å². The predicted molar refractivity (Wildman–Crippen MR) is 49.4 cm³/mol. The van der Waals surface area contributed by atoms with E-state index in [2.05, 4.69) is 14.3 Å². The smallest absolute Gasteiger partial charge is 0.382 e. The van der Waals surface area contributed by atoms with Gasteiger partial charge in [0.05, 0.1) is 11.1 Å². The lowest BCUT2D eigenvalue weighted by Crippen LogP contribution is -2.11. The van der Waals surface area contributed by atoms with E-state index in [1.807, 2.05) is 0 Å². The monoisotopic (exact) mass is 234 g/mol. The molecule has 4 nitrogen and oxygen atoms in total. The summed E-state index contributed by atoms with van der Waals surface area (Å²) in [6.07, 6.45) is -4.54. The molecule has 2 rings (SSSR count). The lowest BCUT2D eigenvalue weighted by Gasteiger charge is -2.05. The molecule has 2 heterocycles. The summed E-state index contributed by atoms with van der Waals surface area (Å²) in [5, 5.41) is 0.396. The van der Waals surface area contributed by atoms with Crippen molar-refractivity contribution in [2.24, 2.45) is 0 Å².